The van der Waals surface area contributed by atoms with Crippen molar-refractivity contribution in [3.8, 4) is 0 Å². The molecule has 3 fully saturated rings. The van der Waals surface area contributed by atoms with Crippen LogP contribution in [0.15, 0.2) is 47.1 Å². The van der Waals surface area contributed by atoms with E-state index in [1.807, 2.05) is 12.2 Å². The van der Waals surface area contributed by atoms with E-state index in [9.17, 15) is 15.0 Å². The van der Waals surface area contributed by atoms with E-state index in [0.29, 0.717) is 35.8 Å². The molecule has 4 aliphatic heterocycles. The number of hydrogen-bond acceptors (Lipinski definition) is 7. The number of aliphatic hydroxyl groups excluding tert-OH is 1. The van der Waals surface area contributed by atoms with E-state index in [4.69, 9.17) is 18.9 Å². The molecule has 39 heavy (non-hydrogen) atoms. The van der Waals surface area contributed by atoms with Crippen molar-refractivity contribution in [2.45, 2.75) is 121 Å². The van der Waals surface area contributed by atoms with Crippen molar-refractivity contribution in [2.24, 2.45) is 17.8 Å². The molecular formula is C32H46O7. The van der Waals surface area contributed by atoms with Crippen LogP contribution in [-0.2, 0) is 23.7 Å². The quantitative estimate of drug-likeness (QED) is 0.359. The van der Waals surface area contributed by atoms with Gasteiger partial charge in [-0.25, -0.2) is 0 Å². The van der Waals surface area contributed by atoms with Crippen LogP contribution in [0, 0.1) is 17.8 Å². The third-order valence-electron chi connectivity index (χ3n) is 9.60. The Morgan fingerprint density at radius 1 is 1.15 bits per heavy atom. The summed E-state index contributed by atoms with van der Waals surface area (Å²) in [7, 11) is 0. The molecule has 0 amide bonds. The van der Waals surface area contributed by atoms with Crippen LogP contribution in [0.1, 0.15) is 79.6 Å². The minimum atomic E-state index is -1.68. The number of allylic oxidation sites excluding steroid dienone is 4. The first kappa shape index (κ1) is 28.7. The maximum Gasteiger partial charge on any atom is 0.316 e. The number of fused-ring (bicyclic) bond motifs is 2. The highest BCUT2D eigenvalue weighted by Crippen LogP contribution is 2.47. The van der Waals surface area contributed by atoms with E-state index in [1.54, 1.807) is 13.0 Å². The standard InChI is InChI=1S/C32H46O7/c1-6-23-12-13-31(38-22(23)5)17-26-16-25(39-31)11-10-20(3)14-19(2)8-7-9-24-18-36-29-28(33)21(4)15-27(30(34)37-26)32(24,29)35/h7-10,15,19,22-23,25-29,33,35H,6,11-14,16-18H2,1-5H3. The Morgan fingerprint density at radius 3 is 2.69 bits per heavy atom. The van der Waals surface area contributed by atoms with Crippen molar-refractivity contribution in [2.75, 3.05) is 6.61 Å². The molecule has 216 valence electrons. The zero-order valence-corrected chi connectivity index (χ0v) is 24.1. The summed E-state index contributed by atoms with van der Waals surface area (Å²) < 4.78 is 25.4. The first-order valence-electron chi connectivity index (χ1n) is 14.8. The molecule has 0 aromatic heterocycles. The van der Waals surface area contributed by atoms with Crippen LogP contribution in [0.4, 0.5) is 0 Å². The fourth-order valence-electron chi connectivity index (χ4n) is 7.33. The van der Waals surface area contributed by atoms with E-state index in [1.165, 1.54) is 5.57 Å². The topological polar surface area (TPSA) is 94.5 Å². The van der Waals surface area contributed by atoms with Gasteiger partial charge in [0.05, 0.1) is 18.8 Å². The molecule has 1 aliphatic carbocycles. The van der Waals surface area contributed by atoms with Crippen molar-refractivity contribution < 1.29 is 34.0 Å². The molecule has 5 rings (SSSR count). The maximum absolute atomic E-state index is 13.9. The van der Waals surface area contributed by atoms with E-state index in [2.05, 4.69) is 39.8 Å². The summed E-state index contributed by atoms with van der Waals surface area (Å²) in [5.41, 5.74) is 0.787. The minimum absolute atomic E-state index is 0.0665. The number of rotatable bonds is 1. The number of hydrogen-bond donors (Lipinski definition) is 2. The molecule has 3 saturated heterocycles. The van der Waals surface area contributed by atoms with Crippen LogP contribution < -0.4 is 0 Å². The number of aliphatic hydroxyl groups is 2. The van der Waals surface area contributed by atoms with Gasteiger partial charge in [0.1, 0.15) is 29.8 Å². The fourth-order valence-corrected chi connectivity index (χ4v) is 7.33. The van der Waals surface area contributed by atoms with Gasteiger partial charge in [0.2, 0.25) is 0 Å². The van der Waals surface area contributed by atoms with Crippen LogP contribution in [0.25, 0.3) is 0 Å². The smallest absolute Gasteiger partial charge is 0.316 e. The van der Waals surface area contributed by atoms with Crippen molar-refractivity contribution >= 4 is 5.97 Å². The third kappa shape index (κ3) is 5.58. The Balaban J connectivity index is 1.50. The first-order chi connectivity index (χ1) is 18.5. The van der Waals surface area contributed by atoms with Crippen LogP contribution >= 0.6 is 0 Å². The van der Waals surface area contributed by atoms with Crippen LogP contribution in [0.3, 0.4) is 0 Å². The third-order valence-corrected chi connectivity index (χ3v) is 9.60. The van der Waals surface area contributed by atoms with Gasteiger partial charge in [0.15, 0.2) is 5.79 Å². The van der Waals surface area contributed by atoms with Gasteiger partial charge >= 0.3 is 5.97 Å². The molecule has 0 aromatic rings. The molecule has 7 heteroatoms. The SMILES string of the molecule is CCC1CCC2(CC3CC(CC=C(C)CC(C)C=CC=C4COC5C(O)C(C)=CC(C(=O)O3)C45O)O2)OC1C. The molecule has 1 spiro atoms. The van der Waals surface area contributed by atoms with Crippen LogP contribution in [-0.4, -0.2) is 64.7 Å². The Morgan fingerprint density at radius 2 is 1.95 bits per heavy atom. The zero-order chi connectivity index (χ0) is 27.9. The Hall–Kier alpha value is -1.77. The summed E-state index contributed by atoms with van der Waals surface area (Å²) in [5.74, 6) is -1.48. The number of esters is 1. The van der Waals surface area contributed by atoms with Crippen molar-refractivity contribution in [3.05, 3.63) is 47.1 Å². The Kier molecular flexibility index (Phi) is 8.29. The van der Waals surface area contributed by atoms with E-state index in [-0.39, 0.29) is 18.8 Å². The first-order valence-corrected chi connectivity index (χ1v) is 14.8. The molecule has 4 heterocycles. The van der Waals surface area contributed by atoms with Crippen LogP contribution in [0.5, 0.6) is 0 Å². The summed E-state index contributed by atoms with van der Waals surface area (Å²) in [6.07, 6.45) is 12.9. The maximum atomic E-state index is 13.9. The van der Waals surface area contributed by atoms with E-state index >= 15 is 0 Å². The van der Waals surface area contributed by atoms with Gasteiger partial charge < -0.3 is 29.2 Å². The molecule has 0 aromatic carbocycles. The van der Waals surface area contributed by atoms with Gasteiger partial charge in [0.25, 0.3) is 0 Å². The lowest BCUT2D eigenvalue weighted by molar-refractivity contribution is -0.333. The van der Waals surface area contributed by atoms with Gasteiger partial charge in [-0.2, -0.15) is 0 Å². The normalized spacial score (nSPS) is 45.2. The van der Waals surface area contributed by atoms with E-state index < -0.39 is 41.6 Å². The molecular weight excluding hydrogens is 496 g/mol. The largest absolute Gasteiger partial charge is 0.462 e. The Bertz CT molecular complexity index is 1060. The summed E-state index contributed by atoms with van der Waals surface area (Å²) in [6, 6.07) is 0. The van der Waals surface area contributed by atoms with Gasteiger partial charge in [0, 0.05) is 19.3 Å². The van der Waals surface area contributed by atoms with Crippen molar-refractivity contribution in [3.63, 3.8) is 0 Å². The second kappa shape index (κ2) is 11.2. The van der Waals surface area contributed by atoms with Gasteiger partial charge in [-0.15, -0.1) is 0 Å². The monoisotopic (exact) mass is 542 g/mol. The lowest BCUT2D eigenvalue weighted by atomic mass is 9.71. The molecule has 10 unspecified atom stereocenters. The van der Waals surface area contributed by atoms with Crippen molar-refractivity contribution in [1.82, 2.24) is 0 Å². The highest BCUT2D eigenvalue weighted by atomic mass is 16.7. The van der Waals surface area contributed by atoms with Crippen LogP contribution in [0.2, 0.25) is 0 Å². The average molecular weight is 543 g/mol. The second-order valence-electron chi connectivity index (χ2n) is 12.6. The summed E-state index contributed by atoms with van der Waals surface area (Å²) in [5, 5.41) is 22.9. The van der Waals surface area contributed by atoms with Gasteiger partial charge in [-0.05, 0) is 63.0 Å². The highest BCUT2D eigenvalue weighted by Gasteiger charge is 2.60. The van der Waals surface area contributed by atoms with E-state index in [0.717, 1.165) is 32.1 Å². The molecule has 2 bridgehead atoms. The average Bonchev–Trinajstić information content (AvgIpc) is 3.21. The molecule has 0 radical (unpaired) electrons. The lowest BCUT2D eigenvalue weighted by Crippen LogP contribution is -2.58. The fraction of sp³-hybridized carbons (Fsp3) is 0.719. The molecule has 2 N–H and O–H groups in total. The summed E-state index contributed by atoms with van der Waals surface area (Å²) >= 11 is 0. The number of carbonyl (C=O) groups is 1. The van der Waals surface area contributed by atoms with Gasteiger partial charge in [-0.3, -0.25) is 4.79 Å². The molecule has 5 aliphatic rings. The van der Waals surface area contributed by atoms with Crippen molar-refractivity contribution in [1.29, 1.82) is 0 Å². The predicted molar refractivity (Wildman–Crippen MR) is 148 cm³/mol. The number of carbonyl (C=O) groups excluding carboxylic acids is 1. The van der Waals surface area contributed by atoms with Gasteiger partial charge in [-0.1, -0.05) is 56.2 Å². The predicted octanol–water partition coefficient (Wildman–Crippen LogP) is 4.92. The minimum Gasteiger partial charge on any atom is -0.462 e. The lowest BCUT2D eigenvalue weighted by Gasteiger charge is -2.49. The highest BCUT2D eigenvalue weighted by molar-refractivity contribution is 5.78. The molecule has 0 saturated carbocycles. The summed E-state index contributed by atoms with van der Waals surface area (Å²) in [6.45, 7) is 10.5. The Labute approximate surface area is 232 Å². The number of ether oxygens (including phenoxy) is 4. The second-order valence-corrected chi connectivity index (χ2v) is 12.6. The molecule has 7 nitrogen and oxygen atoms in total. The summed E-state index contributed by atoms with van der Waals surface area (Å²) in [4.78, 5) is 13.9. The zero-order valence-electron chi connectivity index (χ0n) is 24.1. The molecule has 10 atom stereocenters.